The Labute approximate surface area is 197 Å². The van der Waals surface area contributed by atoms with E-state index in [1.165, 1.54) is 12.1 Å². The molecule has 1 heterocycles. The van der Waals surface area contributed by atoms with Crippen molar-refractivity contribution in [1.29, 1.82) is 0 Å². The van der Waals surface area contributed by atoms with Crippen LogP contribution < -0.4 is 4.74 Å². The third-order valence-electron chi connectivity index (χ3n) is 4.65. The molecule has 0 saturated heterocycles. The highest BCUT2D eigenvalue weighted by Crippen LogP contribution is 2.32. The highest BCUT2D eigenvalue weighted by molar-refractivity contribution is 7.86. The molecule has 2 aromatic rings. The summed E-state index contributed by atoms with van der Waals surface area (Å²) in [5.41, 5.74) is -0.193. The summed E-state index contributed by atoms with van der Waals surface area (Å²) < 4.78 is 79.4. The van der Waals surface area contributed by atoms with Gasteiger partial charge in [0.05, 0.1) is 24.7 Å². The molecule has 0 spiro atoms. The van der Waals surface area contributed by atoms with Crippen LogP contribution in [0.25, 0.3) is 0 Å². The normalized spacial score (nSPS) is 13.2. The average Bonchev–Trinajstić information content (AvgIpc) is 2.75. The zero-order chi connectivity index (χ0) is 24.5. The molecule has 0 amide bonds. The Morgan fingerprint density at radius 3 is 2.36 bits per heavy atom. The van der Waals surface area contributed by atoms with Gasteiger partial charge in [0.25, 0.3) is 10.1 Å². The lowest BCUT2D eigenvalue weighted by Crippen LogP contribution is -2.22. The second-order valence-electron chi connectivity index (χ2n) is 7.47. The molecule has 0 bridgehead atoms. The number of hydrogen-bond donors (Lipinski definition) is 0. The van der Waals surface area contributed by atoms with Crippen LogP contribution in [0.4, 0.5) is 13.2 Å². The predicted molar refractivity (Wildman–Crippen MR) is 118 cm³/mol. The second kappa shape index (κ2) is 12.5. The average molecular weight is 510 g/mol. The third-order valence-corrected chi connectivity index (χ3v) is 6.22. The van der Waals surface area contributed by atoms with Gasteiger partial charge in [0.1, 0.15) is 5.69 Å². The molecule has 0 radical (unpaired) electrons. The first-order chi connectivity index (χ1) is 15.5. The summed E-state index contributed by atoms with van der Waals surface area (Å²) in [6.45, 7) is 4.55. The molecule has 0 aliphatic heterocycles. The Kier molecular flexibility index (Phi) is 10.4. The minimum Gasteiger partial charge on any atom is -0.490 e. The van der Waals surface area contributed by atoms with E-state index < -0.39 is 27.1 Å². The summed E-state index contributed by atoms with van der Waals surface area (Å²) in [6, 6.07) is 8.18. The molecule has 1 unspecified atom stereocenters. The minimum absolute atomic E-state index is 0.00325. The van der Waals surface area contributed by atoms with Gasteiger partial charge < -0.3 is 9.47 Å². The molecular formula is C22H27ClF3NO5S. The standard InChI is InChI=1S/C22H27ClF3NO5S/c1-3-4-12-30-14-17(15-32-33(28,29)18-7-5-16(2)6-8-18)11-13-31-19-9-10-20(22(24,25)26)27-21(19)23/h5-10,17H,3-4,11-15H2,1-2H3. The summed E-state index contributed by atoms with van der Waals surface area (Å²) in [5, 5.41) is -0.404. The van der Waals surface area contributed by atoms with Gasteiger partial charge in [-0.05, 0) is 44.0 Å². The molecule has 33 heavy (non-hydrogen) atoms. The lowest BCUT2D eigenvalue weighted by Gasteiger charge is -2.18. The monoisotopic (exact) mass is 509 g/mol. The van der Waals surface area contributed by atoms with Gasteiger partial charge in [0, 0.05) is 12.5 Å². The Morgan fingerprint density at radius 2 is 1.76 bits per heavy atom. The summed E-state index contributed by atoms with van der Waals surface area (Å²) in [5.74, 6) is -0.327. The first kappa shape index (κ1) is 27.4. The number of hydrogen-bond acceptors (Lipinski definition) is 6. The third kappa shape index (κ3) is 9.11. The van der Waals surface area contributed by atoms with Crippen LogP contribution in [0.5, 0.6) is 5.75 Å². The van der Waals surface area contributed by atoms with Crippen molar-refractivity contribution in [3.8, 4) is 5.75 Å². The molecule has 184 valence electrons. The van der Waals surface area contributed by atoms with Crippen molar-refractivity contribution in [2.75, 3.05) is 26.4 Å². The first-order valence-electron chi connectivity index (χ1n) is 10.4. The molecule has 0 fully saturated rings. The first-order valence-corrected chi connectivity index (χ1v) is 12.2. The van der Waals surface area contributed by atoms with Gasteiger partial charge >= 0.3 is 6.18 Å². The van der Waals surface area contributed by atoms with Crippen molar-refractivity contribution in [3.05, 3.63) is 52.8 Å². The highest BCUT2D eigenvalue weighted by atomic mass is 35.5. The lowest BCUT2D eigenvalue weighted by atomic mass is 10.1. The van der Waals surface area contributed by atoms with Crippen LogP contribution in [0.3, 0.4) is 0 Å². The van der Waals surface area contributed by atoms with Crippen LogP contribution in [0.1, 0.15) is 37.4 Å². The molecule has 1 aromatic heterocycles. The predicted octanol–water partition coefficient (Wildman–Crippen LogP) is 5.67. The fourth-order valence-electron chi connectivity index (χ4n) is 2.69. The van der Waals surface area contributed by atoms with Crippen molar-refractivity contribution in [1.82, 2.24) is 4.98 Å². The summed E-state index contributed by atoms with van der Waals surface area (Å²) in [6.07, 6.45) is -2.47. The molecule has 11 heteroatoms. The van der Waals surface area contributed by atoms with Crippen molar-refractivity contribution in [3.63, 3.8) is 0 Å². The maximum absolute atomic E-state index is 12.7. The van der Waals surface area contributed by atoms with E-state index >= 15 is 0 Å². The number of aromatic nitrogens is 1. The second-order valence-corrected chi connectivity index (χ2v) is 9.44. The Bertz CT molecular complexity index is 985. The van der Waals surface area contributed by atoms with Gasteiger partial charge in [-0.25, -0.2) is 4.98 Å². The van der Waals surface area contributed by atoms with E-state index in [0.29, 0.717) is 13.0 Å². The van der Waals surface area contributed by atoms with Gasteiger partial charge in [-0.1, -0.05) is 42.6 Å². The van der Waals surface area contributed by atoms with Crippen molar-refractivity contribution >= 4 is 21.7 Å². The van der Waals surface area contributed by atoms with E-state index in [1.54, 1.807) is 12.1 Å². The van der Waals surface area contributed by atoms with Crippen LogP contribution in [0.15, 0.2) is 41.3 Å². The Morgan fingerprint density at radius 1 is 1.06 bits per heavy atom. The largest absolute Gasteiger partial charge is 0.490 e. The molecule has 1 aromatic carbocycles. The number of rotatable bonds is 13. The van der Waals surface area contributed by atoms with Gasteiger partial charge in [0.2, 0.25) is 0 Å². The number of ether oxygens (including phenoxy) is 2. The van der Waals surface area contributed by atoms with Crippen molar-refractivity contribution in [2.45, 2.75) is 44.2 Å². The van der Waals surface area contributed by atoms with Crippen LogP contribution in [0, 0.1) is 12.8 Å². The summed E-state index contributed by atoms with van der Waals surface area (Å²) in [7, 11) is -3.94. The van der Waals surface area contributed by atoms with Crippen LogP contribution >= 0.6 is 11.6 Å². The molecule has 0 N–H and O–H groups in total. The van der Waals surface area contributed by atoms with E-state index in [4.69, 9.17) is 25.3 Å². The Balaban J connectivity index is 1.96. The molecular weight excluding hydrogens is 483 g/mol. The van der Waals surface area contributed by atoms with Crippen LogP contribution in [-0.4, -0.2) is 39.8 Å². The highest BCUT2D eigenvalue weighted by Gasteiger charge is 2.33. The van der Waals surface area contributed by atoms with Gasteiger partial charge in [-0.2, -0.15) is 21.6 Å². The maximum atomic E-state index is 12.7. The SMILES string of the molecule is CCCCOCC(CCOc1ccc(C(F)(F)F)nc1Cl)COS(=O)(=O)c1ccc(C)cc1. The van der Waals surface area contributed by atoms with Crippen LogP contribution in [0.2, 0.25) is 5.15 Å². The number of unbranched alkanes of at least 4 members (excludes halogenated alkanes) is 1. The topological polar surface area (TPSA) is 74.7 Å². The zero-order valence-corrected chi connectivity index (χ0v) is 20.0. The molecule has 0 aliphatic carbocycles. The number of aryl methyl sites for hydroxylation is 1. The summed E-state index contributed by atoms with van der Waals surface area (Å²) in [4.78, 5) is 3.36. The van der Waals surface area contributed by atoms with Gasteiger partial charge in [-0.3, -0.25) is 4.18 Å². The van der Waals surface area contributed by atoms with E-state index in [-0.39, 0.29) is 36.4 Å². The van der Waals surface area contributed by atoms with Crippen LogP contribution in [-0.2, 0) is 25.2 Å². The number of pyridine rings is 1. The smallest absolute Gasteiger partial charge is 0.433 e. The van der Waals surface area contributed by atoms with E-state index in [2.05, 4.69) is 4.98 Å². The molecule has 0 saturated carbocycles. The molecule has 2 rings (SSSR count). The van der Waals surface area contributed by atoms with Gasteiger partial charge in [-0.15, -0.1) is 0 Å². The number of halogens is 4. The minimum atomic E-state index is -4.61. The Hall–Kier alpha value is -1.88. The van der Waals surface area contributed by atoms with Crippen molar-refractivity contribution < 1.29 is 35.2 Å². The van der Waals surface area contributed by atoms with E-state index in [9.17, 15) is 21.6 Å². The number of nitrogens with zero attached hydrogens (tertiary/aromatic N) is 1. The van der Waals surface area contributed by atoms with Gasteiger partial charge in [0.15, 0.2) is 10.9 Å². The molecule has 1 atom stereocenters. The quantitative estimate of drug-likeness (QED) is 0.197. The van der Waals surface area contributed by atoms with Crippen molar-refractivity contribution in [2.24, 2.45) is 5.92 Å². The summed E-state index contributed by atoms with van der Waals surface area (Å²) >= 11 is 5.80. The fourth-order valence-corrected chi connectivity index (χ4v) is 3.88. The lowest BCUT2D eigenvalue weighted by molar-refractivity contribution is -0.141. The number of benzene rings is 1. The molecule has 0 aliphatic rings. The molecule has 6 nitrogen and oxygen atoms in total. The fraction of sp³-hybridized carbons (Fsp3) is 0.500. The van der Waals surface area contributed by atoms with E-state index in [0.717, 1.165) is 30.5 Å². The number of alkyl halides is 3. The maximum Gasteiger partial charge on any atom is 0.433 e. The van der Waals surface area contributed by atoms with E-state index in [1.807, 2.05) is 13.8 Å². The zero-order valence-electron chi connectivity index (χ0n) is 18.4.